The fraction of sp³-hybridized carbons (Fsp3) is 0.133. The molecular weight excluding hydrogens is 331 g/mol. The van der Waals surface area contributed by atoms with Gasteiger partial charge in [0.15, 0.2) is 0 Å². The van der Waals surface area contributed by atoms with Gasteiger partial charge in [-0.05, 0) is 0 Å². The predicted molar refractivity (Wildman–Crippen MR) is 84.2 cm³/mol. The third-order valence-corrected chi connectivity index (χ3v) is 4.29. The SMILES string of the molecule is Nc1cccc(CCC(=O)Nc2cccc3c2N=[Se]=N3)c1. The molecule has 0 aromatic heterocycles. The molecule has 1 aliphatic rings. The summed E-state index contributed by atoms with van der Waals surface area (Å²) in [6.45, 7) is 0. The van der Waals surface area contributed by atoms with Gasteiger partial charge in [-0.2, -0.15) is 0 Å². The van der Waals surface area contributed by atoms with Crippen molar-refractivity contribution < 1.29 is 4.79 Å². The molecule has 1 aliphatic heterocycles. The summed E-state index contributed by atoms with van der Waals surface area (Å²) in [7, 11) is 0. The summed E-state index contributed by atoms with van der Waals surface area (Å²) in [6, 6.07) is 13.3. The monoisotopic (exact) mass is 346 g/mol. The molecule has 3 rings (SSSR count). The number of rotatable bonds is 4. The van der Waals surface area contributed by atoms with Crippen molar-refractivity contribution >= 4 is 43.2 Å². The number of carbonyl (C=O) groups is 1. The molecule has 0 fully saturated rings. The molecule has 2 aromatic rings. The van der Waals surface area contributed by atoms with Gasteiger partial charge in [0.1, 0.15) is 0 Å². The Hall–Kier alpha value is -2.17. The van der Waals surface area contributed by atoms with Crippen LogP contribution in [0, 0.1) is 0 Å². The van der Waals surface area contributed by atoms with Crippen LogP contribution in [0.1, 0.15) is 12.0 Å². The zero-order valence-electron chi connectivity index (χ0n) is 11.2. The summed E-state index contributed by atoms with van der Waals surface area (Å²) >= 11 is -0.0925. The van der Waals surface area contributed by atoms with E-state index in [4.69, 9.17) is 5.73 Å². The summed E-state index contributed by atoms with van der Waals surface area (Å²) in [5, 5.41) is 2.91. The Morgan fingerprint density at radius 3 is 2.90 bits per heavy atom. The Labute approximate surface area is 128 Å². The topological polar surface area (TPSA) is 79.8 Å². The first-order valence-corrected chi connectivity index (χ1v) is 8.11. The first kappa shape index (κ1) is 13.8. The van der Waals surface area contributed by atoms with Gasteiger partial charge in [-0.15, -0.1) is 0 Å². The van der Waals surface area contributed by atoms with Gasteiger partial charge in [0.05, 0.1) is 0 Å². The first-order valence-electron chi connectivity index (χ1n) is 6.58. The van der Waals surface area contributed by atoms with Crippen LogP contribution in [0.25, 0.3) is 0 Å². The number of anilines is 2. The zero-order chi connectivity index (χ0) is 14.7. The molecular formula is C15H14N4OSe. The van der Waals surface area contributed by atoms with Gasteiger partial charge in [-0.25, -0.2) is 0 Å². The van der Waals surface area contributed by atoms with Crippen LogP contribution in [-0.2, 0) is 11.2 Å². The molecule has 0 saturated heterocycles. The molecule has 1 heterocycles. The number of nitrogens with two attached hydrogens (primary N) is 1. The minimum absolute atomic E-state index is 0.0274. The van der Waals surface area contributed by atoms with Crippen molar-refractivity contribution in [3.8, 4) is 0 Å². The maximum atomic E-state index is 12.1. The fourth-order valence-electron chi connectivity index (χ4n) is 2.13. The van der Waals surface area contributed by atoms with Crippen LogP contribution in [0.3, 0.4) is 0 Å². The van der Waals surface area contributed by atoms with Crippen LogP contribution >= 0.6 is 0 Å². The van der Waals surface area contributed by atoms with Gasteiger partial charge in [-0.3, -0.25) is 0 Å². The molecule has 3 N–H and O–H groups in total. The molecule has 0 spiro atoms. The standard InChI is InChI=1S/C15H14N4OSe/c16-11-4-1-3-10(9-11)7-8-14(20)17-12-5-2-6-13-15(12)19-21-18-13/h1-6,9H,7-8,16H2,(H,17,20). The van der Waals surface area contributed by atoms with Crippen molar-refractivity contribution in [3.05, 3.63) is 48.0 Å². The second-order valence-corrected chi connectivity index (χ2v) is 5.84. The molecule has 0 atom stereocenters. The van der Waals surface area contributed by atoms with E-state index >= 15 is 0 Å². The van der Waals surface area contributed by atoms with Crippen molar-refractivity contribution in [1.82, 2.24) is 0 Å². The Morgan fingerprint density at radius 1 is 1.19 bits per heavy atom. The van der Waals surface area contributed by atoms with E-state index in [1.165, 1.54) is 0 Å². The van der Waals surface area contributed by atoms with Gasteiger partial charge in [0.2, 0.25) is 0 Å². The van der Waals surface area contributed by atoms with Crippen molar-refractivity contribution in [2.75, 3.05) is 11.1 Å². The number of nitrogens with zero attached hydrogens (tertiary/aromatic N) is 2. The molecule has 0 bridgehead atoms. The number of fused-ring (bicyclic) bond motifs is 1. The van der Waals surface area contributed by atoms with Crippen LogP contribution in [0.4, 0.5) is 22.7 Å². The van der Waals surface area contributed by atoms with E-state index in [0.29, 0.717) is 12.8 Å². The summed E-state index contributed by atoms with van der Waals surface area (Å²) in [5.41, 5.74) is 9.92. The summed E-state index contributed by atoms with van der Waals surface area (Å²) in [5.74, 6) is -0.0274. The summed E-state index contributed by atoms with van der Waals surface area (Å²) in [4.78, 5) is 12.1. The summed E-state index contributed by atoms with van der Waals surface area (Å²) in [6.07, 6.45) is 1.08. The molecule has 5 nitrogen and oxygen atoms in total. The van der Waals surface area contributed by atoms with Crippen LogP contribution < -0.4 is 11.1 Å². The number of aryl methyl sites for hydroxylation is 1. The number of nitrogens with one attached hydrogen (secondary N) is 1. The average Bonchev–Trinajstić information content (AvgIpc) is 2.95. The number of hydrogen-bond donors (Lipinski definition) is 2. The Bertz CT molecular complexity index is 766. The van der Waals surface area contributed by atoms with Crippen LogP contribution in [-0.4, -0.2) is 20.5 Å². The van der Waals surface area contributed by atoms with Crippen molar-refractivity contribution in [1.29, 1.82) is 0 Å². The third-order valence-electron chi connectivity index (χ3n) is 3.15. The van der Waals surface area contributed by atoms with Gasteiger partial charge < -0.3 is 0 Å². The Balaban J connectivity index is 1.63. The molecule has 0 aliphatic carbocycles. The maximum absolute atomic E-state index is 12.1. The van der Waals surface area contributed by atoms with Gasteiger partial charge in [-0.1, -0.05) is 0 Å². The first-order chi connectivity index (χ1) is 10.2. The van der Waals surface area contributed by atoms with Gasteiger partial charge in [0, 0.05) is 0 Å². The molecule has 21 heavy (non-hydrogen) atoms. The van der Waals surface area contributed by atoms with E-state index in [1.54, 1.807) is 0 Å². The number of amides is 1. The van der Waals surface area contributed by atoms with E-state index in [2.05, 4.69) is 13.2 Å². The average molecular weight is 345 g/mol. The molecule has 1 amide bonds. The number of benzene rings is 2. The predicted octanol–water partition coefficient (Wildman–Crippen LogP) is 3.19. The molecule has 6 heteroatoms. The third kappa shape index (κ3) is 3.29. The molecule has 0 saturated carbocycles. The second kappa shape index (κ2) is 6.08. The normalized spacial score (nSPS) is 11.8. The van der Waals surface area contributed by atoms with Crippen molar-refractivity contribution in [2.45, 2.75) is 12.8 Å². The quantitative estimate of drug-likeness (QED) is 0.563. The molecule has 2 aromatic carbocycles. The minimum atomic E-state index is -0.0925. The van der Waals surface area contributed by atoms with Gasteiger partial charge in [0.25, 0.3) is 0 Å². The van der Waals surface area contributed by atoms with E-state index < -0.39 is 0 Å². The number of hydrogen-bond acceptors (Lipinski definition) is 4. The van der Waals surface area contributed by atoms with E-state index in [-0.39, 0.29) is 20.5 Å². The summed E-state index contributed by atoms with van der Waals surface area (Å²) < 4.78 is 8.65. The Morgan fingerprint density at radius 2 is 2.05 bits per heavy atom. The molecule has 0 radical (unpaired) electrons. The molecule has 106 valence electrons. The fourth-order valence-corrected chi connectivity index (χ4v) is 3.28. The van der Waals surface area contributed by atoms with E-state index in [9.17, 15) is 4.79 Å². The van der Waals surface area contributed by atoms with Gasteiger partial charge >= 0.3 is 128 Å². The van der Waals surface area contributed by atoms with Crippen molar-refractivity contribution in [2.24, 2.45) is 7.92 Å². The van der Waals surface area contributed by atoms with Crippen LogP contribution in [0.2, 0.25) is 0 Å². The molecule has 0 unspecified atom stereocenters. The number of carbonyl (C=O) groups excluding carboxylic acids is 1. The second-order valence-electron chi connectivity index (χ2n) is 4.73. The van der Waals surface area contributed by atoms with E-state index in [1.807, 2.05) is 42.5 Å². The Kier molecular flexibility index (Phi) is 3.99. The van der Waals surface area contributed by atoms with Crippen molar-refractivity contribution in [3.63, 3.8) is 0 Å². The zero-order valence-corrected chi connectivity index (χ0v) is 13.0. The van der Waals surface area contributed by atoms with Crippen LogP contribution in [0.15, 0.2) is 50.4 Å². The number of nitrogen functional groups attached to an aromatic ring is 1. The van der Waals surface area contributed by atoms with E-state index in [0.717, 1.165) is 28.3 Å². The van der Waals surface area contributed by atoms with Crippen LogP contribution in [0.5, 0.6) is 0 Å².